The SMILES string of the molecule is CCCO/N=C(\COc1cccc(-c2nn[nH]n2)c1)c1cc(-c2ccc(F)cc2)no1. The van der Waals surface area contributed by atoms with Gasteiger partial charge in [-0.2, -0.15) is 5.21 Å². The molecular formula is C21H19FN6O3. The van der Waals surface area contributed by atoms with Crippen LogP contribution in [0, 0.1) is 5.82 Å². The van der Waals surface area contributed by atoms with E-state index in [9.17, 15) is 4.39 Å². The second kappa shape index (κ2) is 9.61. The fraction of sp³-hybridized carbons (Fsp3) is 0.190. The van der Waals surface area contributed by atoms with Gasteiger partial charge in [-0.05, 0) is 48.0 Å². The normalized spacial score (nSPS) is 11.5. The molecule has 2 heterocycles. The third-order valence-electron chi connectivity index (χ3n) is 4.22. The fourth-order valence-electron chi connectivity index (χ4n) is 2.69. The number of hydrogen-bond donors (Lipinski definition) is 1. The Labute approximate surface area is 176 Å². The zero-order chi connectivity index (χ0) is 21.5. The summed E-state index contributed by atoms with van der Waals surface area (Å²) in [7, 11) is 0. The number of nitrogens with zero attached hydrogens (tertiary/aromatic N) is 5. The van der Waals surface area contributed by atoms with E-state index in [0.29, 0.717) is 35.3 Å². The first kappa shape index (κ1) is 20.2. The van der Waals surface area contributed by atoms with Crippen LogP contribution in [0.4, 0.5) is 4.39 Å². The average molecular weight is 422 g/mol. The molecule has 0 saturated carbocycles. The minimum absolute atomic E-state index is 0.0808. The predicted octanol–water partition coefficient (Wildman–Crippen LogP) is 3.87. The first-order chi connectivity index (χ1) is 15.2. The first-order valence-electron chi connectivity index (χ1n) is 9.61. The number of hydrogen-bond acceptors (Lipinski definition) is 8. The van der Waals surface area contributed by atoms with Crippen LogP contribution in [0.5, 0.6) is 5.75 Å². The van der Waals surface area contributed by atoms with Crippen LogP contribution in [0.2, 0.25) is 0 Å². The first-order valence-corrected chi connectivity index (χ1v) is 9.61. The summed E-state index contributed by atoms with van der Waals surface area (Å²) in [4.78, 5) is 5.34. The van der Waals surface area contributed by atoms with Crippen LogP contribution in [0.3, 0.4) is 0 Å². The van der Waals surface area contributed by atoms with Gasteiger partial charge in [0.1, 0.15) is 30.5 Å². The number of nitrogens with one attached hydrogen (secondary N) is 1. The Morgan fingerprint density at radius 2 is 2.00 bits per heavy atom. The highest BCUT2D eigenvalue weighted by Crippen LogP contribution is 2.22. The highest BCUT2D eigenvalue weighted by atomic mass is 19.1. The molecule has 0 spiro atoms. The minimum Gasteiger partial charge on any atom is -0.487 e. The highest BCUT2D eigenvalue weighted by molar-refractivity contribution is 5.99. The van der Waals surface area contributed by atoms with Crippen molar-refractivity contribution in [2.75, 3.05) is 13.2 Å². The molecule has 0 radical (unpaired) electrons. The maximum atomic E-state index is 13.2. The van der Waals surface area contributed by atoms with Crippen molar-refractivity contribution < 1.29 is 18.5 Å². The van der Waals surface area contributed by atoms with Crippen molar-refractivity contribution in [2.45, 2.75) is 13.3 Å². The van der Waals surface area contributed by atoms with Crippen molar-refractivity contribution >= 4 is 5.71 Å². The Hall–Kier alpha value is -4.08. The van der Waals surface area contributed by atoms with Crippen LogP contribution in [0.1, 0.15) is 19.1 Å². The summed E-state index contributed by atoms with van der Waals surface area (Å²) >= 11 is 0. The Bertz CT molecular complexity index is 1140. The number of oxime groups is 1. The van der Waals surface area contributed by atoms with Gasteiger partial charge < -0.3 is 14.1 Å². The van der Waals surface area contributed by atoms with E-state index >= 15 is 0 Å². The molecule has 0 amide bonds. The van der Waals surface area contributed by atoms with Gasteiger partial charge >= 0.3 is 0 Å². The van der Waals surface area contributed by atoms with Gasteiger partial charge in [0.15, 0.2) is 11.5 Å². The maximum absolute atomic E-state index is 13.2. The van der Waals surface area contributed by atoms with Crippen LogP contribution in [-0.2, 0) is 4.84 Å². The number of halogens is 1. The molecule has 1 N–H and O–H groups in total. The molecule has 0 atom stereocenters. The molecule has 0 unspecified atom stereocenters. The molecule has 4 aromatic rings. The molecule has 0 aliphatic carbocycles. The smallest absolute Gasteiger partial charge is 0.204 e. The lowest BCUT2D eigenvalue weighted by molar-refractivity contribution is 0.142. The van der Waals surface area contributed by atoms with Crippen LogP contribution in [0.15, 0.2) is 64.3 Å². The molecule has 31 heavy (non-hydrogen) atoms. The van der Waals surface area contributed by atoms with Gasteiger partial charge in [0.25, 0.3) is 0 Å². The zero-order valence-electron chi connectivity index (χ0n) is 16.7. The van der Waals surface area contributed by atoms with E-state index in [-0.39, 0.29) is 12.4 Å². The van der Waals surface area contributed by atoms with Crippen LogP contribution < -0.4 is 4.74 Å². The number of H-pyrrole nitrogens is 1. The van der Waals surface area contributed by atoms with Crippen LogP contribution >= 0.6 is 0 Å². The van der Waals surface area contributed by atoms with Crippen molar-refractivity contribution in [2.24, 2.45) is 5.16 Å². The molecule has 0 aliphatic heterocycles. The lowest BCUT2D eigenvalue weighted by Crippen LogP contribution is -2.13. The van der Waals surface area contributed by atoms with Gasteiger partial charge in [0.05, 0.1) is 0 Å². The summed E-state index contributed by atoms with van der Waals surface area (Å²) in [6, 6.07) is 15.0. The zero-order valence-corrected chi connectivity index (χ0v) is 16.7. The molecule has 158 valence electrons. The summed E-state index contributed by atoms with van der Waals surface area (Å²) in [6.07, 6.45) is 0.807. The van der Waals surface area contributed by atoms with E-state index in [4.69, 9.17) is 14.1 Å². The van der Waals surface area contributed by atoms with Crippen molar-refractivity contribution in [1.82, 2.24) is 25.8 Å². The number of rotatable bonds is 9. The fourth-order valence-corrected chi connectivity index (χ4v) is 2.69. The van der Waals surface area contributed by atoms with Gasteiger partial charge in [-0.3, -0.25) is 0 Å². The molecule has 4 rings (SSSR count). The Morgan fingerprint density at radius 1 is 1.13 bits per heavy atom. The third-order valence-corrected chi connectivity index (χ3v) is 4.22. The summed E-state index contributed by atoms with van der Waals surface area (Å²) in [5.41, 5.74) is 2.46. The quantitative estimate of drug-likeness (QED) is 0.248. The number of tetrazole rings is 1. The molecule has 9 nitrogen and oxygen atoms in total. The summed E-state index contributed by atoms with van der Waals surface area (Å²) < 4.78 is 24.5. The molecule has 10 heteroatoms. The minimum atomic E-state index is -0.320. The van der Waals surface area contributed by atoms with Crippen molar-refractivity contribution in [3.63, 3.8) is 0 Å². The number of aromatic amines is 1. The van der Waals surface area contributed by atoms with Gasteiger partial charge in [0.2, 0.25) is 5.82 Å². The van der Waals surface area contributed by atoms with Gasteiger partial charge in [-0.1, -0.05) is 29.4 Å². The lowest BCUT2D eigenvalue weighted by atomic mass is 10.1. The molecule has 2 aromatic carbocycles. The average Bonchev–Trinajstić information content (AvgIpc) is 3.50. The number of ether oxygens (including phenoxy) is 1. The summed E-state index contributed by atoms with van der Waals surface area (Å²) in [6.45, 7) is 2.52. The van der Waals surface area contributed by atoms with E-state index < -0.39 is 0 Å². The van der Waals surface area contributed by atoms with Gasteiger partial charge in [0, 0.05) is 17.2 Å². The van der Waals surface area contributed by atoms with E-state index in [0.717, 1.165) is 17.5 Å². The molecule has 0 fully saturated rings. The Kier molecular flexibility index (Phi) is 6.26. The molecular weight excluding hydrogens is 403 g/mol. The molecule has 0 saturated heterocycles. The van der Waals surface area contributed by atoms with Crippen molar-refractivity contribution in [3.8, 4) is 28.4 Å². The molecule has 0 aliphatic rings. The second-order valence-corrected chi connectivity index (χ2v) is 6.51. The van der Waals surface area contributed by atoms with Crippen LogP contribution in [-0.4, -0.2) is 44.7 Å². The van der Waals surface area contributed by atoms with Crippen molar-refractivity contribution in [1.29, 1.82) is 0 Å². The van der Waals surface area contributed by atoms with Crippen LogP contribution in [0.25, 0.3) is 22.6 Å². The van der Waals surface area contributed by atoms with Gasteiger partial charge in [-0.25, -0.2) is 4.39 Å². The van der Waals surface area contributed by atoms with E-state index in [1.807, 2.05) is 19.1 Å². The Morgan fingerprint density at radius 3 is 2.77 bits per heavy atom. The number of benzene rings is 2. The summed E-state index contributed by atoms with van der Waals surface area (Å²) in [5, 5.41) is 22.1. The maximum Gasteiger partial charge on any atom is 0.204 e. The highest BCUT2D eigenvalue weighted by Gasteiger charge is 2.15. The standard InChI is InChI=1S/C21H19FN6O3/c1-2-10-30-25-19(20-12-18(26-31-20)14-6-8-16(22)9-7-14)13-29-17-5-3-4-15(11-17)21-23-27-28-24-21/h3-9,11-12H,2,10,13H2,1H3,(H,23,24,27,28)/b25-19+. The van der Waals surface area contributed by atoms with E-state index in [1.165, 1.54) is 12.1 Å². The monoisotopic (exact) mass is 422 g/mol. The topological polar surface area (TPSA) is 111 Å². The largest absolute Gasteiger partial charge is 0.487 e. The lowest BCUT2D eigenvalue weighted by Gasteiger charge is -2.08. The predicted molar refractivity (Wildman–Crippen MR) is 110 cm³/mol. The second-order valence-electron chi connectivity index (χ2n) is 6.51. The molecule has 2 aromatic heterocycles. The van der Waals surface area contributed by atoms with E-state index in [1.54, 1.807) is 30.3 Å². The van der Waals surface area contributed by atoms with Crippen molar-refractivity contribution in [3.05, 3.63) is 66.2 Å². The van der Waals surface area contributed by atoms with E-state index in [2.05, 4.69) is 30.9 Å². The Balaban J connectivity index is 1.52. The molecule has 0 bridgehead atoms. The number of aromatic nitrogens is 5. The third kappa shape index (κ3) is 5.10. The summed E-state index contributed by atoms with van der Waals surface area (Å²) in [5.74, 6) is 1.12. The van der Waals surface area contributed by atoms with Gasteiger partial charge in [-0.15, -0.1) is 10.2 Å².